The Labute approximate surface area is 92.3 Å². The van der Waals surface area contributed by atoms with Crippen LogP contribution in [0.1, 0.15) is 12.2 Å². The summed E-state index contributed by atoms with van der Waals surface area (Å²) in [5.74, 6) is 0.900. The molecule has 80 valence electrons. The van der Waals surface area contributed by atoms with Crippen LogP contribution in [0.2, 0.25) is 5.15 Å². The molecule has 2 rings (SSSR count). The van der Waals surface area contributed by atoms with Crippen molar-refractivity contribution in [3.05, 3.63) is 29.2 Å². The van der Waals surface area contributed by atoms with E-state index in [0.717, 1.165) is 17.8 Å². The molecule has 15 heavy (non-hydrogen) atoms. The van der Waals surface area contributed by atoms with Crippen LogP contribution in [-0.2, 0) is 6.42 Å². The Balaban J connectivity index is 2.54. The number of pyridine rings is 1. The fourth-order valence-corrected chi connectivity index (χ4v) is 1.82. The van der Waals surface area contributed by atoms with Gasteiger partial charge in [0.05, 0.1) is 5.52 Å². The summed E-state index contributed by atoms with van der Waals surface area (Å²) in [5, 5.41) is 10.1. The van der Waals surface area contributed by atoms with E-state index in [0.29, 0.717) is 18.1 Å². The van der Waals surface area contributed by atoms with E-state index in [-0.39, 0.29) is 5.88 Å². The highest BCUT2D eigenvalue weighted by Crippen LogP contribution is 2.23. The Morgan fingerprint density at radius 3 is 3.00 bits per heavy atom. The number of rotatable bonds is 3. The van der Waals surface area contributed by atoms with E-state index in [1.807, 2.05) is 6.07 Å². The molecule has 5 heteroatoms. The van der Waals surface area contributed by atoms with Crippen LogP contribution in [0.5, 0.6) is 5.88 Å². The largest absolute Gasteiger partial charge is 0.494 e. The van der Waals surface area contributed by atoms with E-state index >= 15 is 0 Å². The maximum atomic E-state index is 9.70. The van der Waals surface area contributed by atoms with Gasteiger partial charge in [-0.25, -0.2) is 4.98 Å². The van der Waals surface area contributed by atoms with Crippen molar-refractivity contribution in [1.29, 1.82) is 0 Å². The maximum Gasteiger partial charge on any atom is 0.197 e. The molecule has 0 radical (unpaired) electrons. The van der Waals surface area contributed by atoms with Crippen LogP contribution in [0.3, 0.4) is 0 Å². The van der Waals surface area contributed by atoms with E-state index in [4.69, 9.17) is 17.3 Å². The van der Waals surface area contributed by atoms with Gasteiger partial charge >= 0.3 is 0 Å². The van der Waals surface area contributed by atoms with Crippen molar-refractivity contribution in [2.75, 3.05) is 6.54 Å². The van der Waals surface area contributed by atoms with E-state index in [1.165, 1.54) is 0 Å². The van der Waals surface area contributed by atoms with Gasteiger partial charge in [-0.05, 0) is 25.1 Å². The smallest absolute Gasteiger partial charge is 0.197 e. The van der Waals surface area contributed by atoms with Crippen LogP contribution < -0.4 is 5.73 Å². The molecule has 2 aromatic heterocycles. The van der Waals surface area contributed by atoms with E-state index in [2.05, 4.69) is 4.98 Å². The first-order valence-electron chi connectivity index (χ1n) is 4.79. The molecule has 0 saturated carbocycles. The molecule has 0 atom stereocenters. The monoisotopic (exact) mass is 225 g/mol. The van der Waals surface area contributed by atoms with Crippen LogP contribution in [0.15, 0.2) is 18.2 Å². The normalized spacial score (nSPS) is 11.1. The van der Waals surface area contributed by atoms with Crippen molar-refractivity contribution < 1.29 is 5.11 Å². The standard InChI is InChI=1S/C10H12ClN3O/c11-10-7-3-1-5-9(15)14(7)8(13-10)4-2-6-12/h1,3,5,15H,2,4,6,12H2. The van der Waals surface area contributed by atoms with E-state index in [1.54, 1.807) is 16.5 Å². The van der Waals surface area contributed by atoms with Crippen molar-refractivity contribution >= 4 is 17.1 Å². The van der Waals surface area contributed by atoms with Crippen LogP contribution >= 0.6 is 11.6 Å². The lowest BCUT2D eigenvalue weighted by Gasteiger charge is -2.02. The number of nitrogens with zero attached hydrogens (tertiary/aromatic N) is 2. The highest BCUT2D eigenvalue weighted by atomic mass is 35.5. The first kappa shape index (κ1) is 10.3. The van der Waals surface area contributed by atoms with Crippen LogP contribution in [0.4, 0.5) is 0 Å². The molecule has 0 spiro atoms. The van der Waals surface area contributed by atoms with Gasteiger partial charge in [0.1, 0.15) is 5.82 Å². The van der Waals surface area contributed by atoms with Crippen LogP contribution in [-0.4, -0.2) is 21.0 Å². The third kappa shape index (κ3) is 1.78. The Hall–Kier alpha value is -1.26. The molecule has 0 aliphatic rings. The molecule has 0 aliphatic heterocycles. The third-order valence-corrected chi connectivity index (χ3v) is 2.55. The molecular weight excluding hydrogens is 214 g/mol. The predicted molar refractivity (Wildman–Crippen MR) is 59.2 cm³/mol. The number of fused-ring (bicyclic) bond motifs is 1. The number of aromatic nitrogens is 2. The van der Waals surface area contributed by atoms with E-state index < -0.39 is 0 Å². The minimum Gasteiger partial charge on any atom is -0.494 e. The molecule has 2 aromatic rings. The lowest BCUT2D eigenvalue weighted by molar-refractivity contribution is 0.442. The molecule has 0 amide bonds. The minimum absolute atomic E-state index is 0.152. The van der Waals surface area contributed by atoms with Crippen molar-refractivity contribution in [2.45, 2.75) is 12.8 Å². The highest BCUT2D eigenvalue weighted by molar-refractivity contribution is 6.32. The predicted octanol–water partition coefficient (Wildman–Crippen LogP) is 1.58. The Kier molecular flexibility index (Phi) is 2.79. The molecule has 2 heterocycles. The molecule has 0 unspecified atom stereocenters. The summed E-state index contributed by atoms with van der Waals surface area (Å²) in [7, 11) is 0. The fourth-order valence-electron chi connectivity index (χ4n) is 1.58. The summed E-state index contributed by atoms with van der Waals surface area (Å²) in [6.07, 6.45) is 1.53. The van der Waals surface area contributed by atoms with Gasteiger partial charge < -0.3 is 10.8 Å². The van der Waals surface area contributed by atoms with Crippen molar-refractivity contribution in [3.63, 3.8) is 0 Å². The number of hydrogen-bond acceptors (Lipinski definition) is 3. The van der Waals surface area contributed by atoms with Gasteiger partial charge in [-0.3, -0.25) is 4.40 Å². The minimum atomic E-state index is 0.152. The average molecular weight is 226 g/mol. The maximum absolute atomic E-state index is 9.70. The van der Waals surface area contributed by atoms with Crippen molar-refractivity contribution in [3.8, 4) is 5.88 Å². The topological polar surface area (TPSA) is 63.5 Å². The first-order valence-corrected chi connectivity index (χ1v) is 5.16. The molecule has 4 nitrogen and oxygen atoms in total. The number of hydrogen-bond donors (Lipinski definition) is 2. The van der Waals surface area contributed by atoms with Gasteiger partial charge in [0.25, 0.3) is 0 Å². The Bertz CT molecular complexity index is 481. The molecule has 3 N–H and O–H groups in total. The Morgan fingerprint density at radius 1 is 1.47 bits per heavy atom. The lowest BCUT2D eigenvalue weighted by Crippen LogP contribution is -2.03. The second-order valence-electron chi connectivity index (χ2n) is 3.32. The summed E-state index contributed by atoms with van der Waals surface area (Å²) in [5.41, 5.74) is 6.16. The molecular formula is C10H12ClN3O. The molecule has 0 bridgehead atoms. The summed E-state index contributed by atoms with van der Waals surface area (Å²) in [6, 6.07) is 5.17. The summed E-state index contributed by atoms with van der Waals surface area (Å²) in [4.78, 5) is 4.20. The third-order valence-electron chi connectivity index (χ3n) is 2.27. The summed E-state index contributed by atoms with van der Waals surface area (Å²) in [6.45, 7) is 0.597. The quantitative estimate of drug-likeness (QED) is 0.834. The number of aromatic hydroxyl groups is 1. The number of aryl methyl sites for hydroxylation is 1. The zero-order valence-corrected chi connectivity index (χ0v) is 8.91. The molecule has 0 fully saturated rings. The average Bonchev–Trinajstić information content (AvgIpc) is 2.55. The lowest BCUT2D eigenvalue weighted by atomic mass is 10.3. The number of halogens is 1. The second kappa shape index (κ2) is 4.08. The van der Waals surface area contributed by atoms with Gasteiger partial charge in [0.15, 0.2) is 11.0 Å². The van der Waals surface area contributed by atoms with Crippen LogP contribution in [0.25, 0.3) is 5.52 Å². The van der Waals surface area contributed by atoms with Gasteiger partial charge in [-0.2, -0.15) is 0 Å². The van der Waals surface area contributed by atoms with Gasteiger partial charge in [0.2, 0.25) is 0 Å². The zero-order valence-electron chi connectivity index (χ0n) is 8.15. The summed E-state index contributed by atoms with van der Waals surface area (Å²) < 4.78 is 1.65. The van der Waals surface area contributed by atoms with E-state index in [9.17, 15) is 5.11 Å². The molecule has 0 aliphatic carbocycles. The van der Waals surface area contributed by atoms with Gasteiger partial charge in [0, 0.05) is 6.42 Å². The van der Waals surface area contributed by atoms with Gasteiger partial charge in [-0.1, -0.05) is 17.7 Å². The summed E-state index contributed by atoms with van der Waals surface area (Å²) >= 11 is 5.95. The number of nitrogens with two attached hydrogens (primary N) is 1. The Morgan fingerprint density at radius 2 is 2.27 bits per heavy atom. The first-order chi connectivity index (χ1) is 7.24. The highest BCUT2D eigenvalue weighted by Gasteiger charge is 2.10. The molecule has 0 saturated heterocycles. The SMILES string of the molecule is NCCCc1nc(Cl)c2cccc(O)n12. The molecule has 0 aromatic carbocycles. The number of imidazole rings is 1. The zero-order chi connectivity index (χ0) is 10.8. The second-order valence-corrected chi connectivity index (χ2v) is 3.67. The van der Waals surface area contributed by atoms with Crippen molar-refractivity contribution in [1.82, 2.24) is 9.38 Å². The van der Waals surface area contributed by atoms with Crippen molar-refractivity contribution in [2.24, 2.45) is 5.73 Å². The van der Waals surface area contributed by atoms with Gasteiger partial charge in [-0.15, -0.1) is 0 Å². The fraction of sp³-hybridized carbons (Fsp3) is 0.300. The van der Waals surface area contributed by atoms with Crippen LogP contribution in [0, 0.1) is 0 Å².